The predicted octanol–water partition coefficient (Wildman–Crippen LogP) is 1.57. The summed E-state index contributed by atoms with van der Waals surface area (Å²) >= 11 is 0. The first-order chi connectivity index (χ1) is 13.6. The number of nitrogens with zero attached hydrogens (tertiary/aromatic N) is 3. The van der Waals surface area contributed by atoms with E-state index < -0.39 is 6.04 Å². The number of rotatable bonds is 8. The van der Waals surface area contributed by atoms with E-state index in [4.69, 9.17) is 4.74 Å². The van der Waals surface area contributed by atoms with Crippen molar-refractivity contribution >= 4 is 11.9 Å². The van der Waals surface area contributed by atoms with Crippen molar-refractivity contribution in [1.82, 2.24) is 20.2 Å². The average molecular weight is 383 g/mol. The van der Waals surface area contributed by atoms with Crippen molar-refractivity contribution < 1.29 is 9.53 Å². The summed E-state index contributed by atoms with van der Waals surface area (Å²) in [6.07, 6.45) is 0.570. The third-order valence-corrected chi connectivity index (χ3v) is 4.72. The number of morpholine rings is 1. The number of amides is 1. The van der Waals surface area contributed by atoms with Crippen molar-refractivity contribution in [2.75, 3.05) is 44.7 Å². The molecule has 1 fully saturated rings. The van der Waals surface area contributed by atoms with Gasteiger partial charge in [-0.3, -0.25) is 9.69 Å². The van der Waals surface area contributed by atoms with Crippen LogP contribution in [0.2, 0.25) is 0 Å². The fraction of sp³-hybridized carbons (Fsp3) is 0.476. The quantitative estimate of drug-likeness (QED) is 0.720. The maximum atomic E-state index is 12.9. The van der Waals surface area contributed by atoms with Crippen LogP contribution in [-0.4, -0.2) is 66.2 Å². The van der Waals surface area contributed by atoms with E-state index in [0.717, 1.165) is 49.8 Å². The molecule has 3 rings (SSSR count). The molecule has 1 aromatic heterocycles. The third-order valence-electron chi connectivity index (χ3n) is 4.72. The van der Waals surface area contributed by atoms with Crippen molar-refractivity contribution in [3.8, 4) is 0 Å². The van der Waals surface area contributed by atoms with Crippen molar-refractivity contribution in [1.29, 1.82) is 0 Å². The normalized spacial score (nSPS) is 15.8. The number of carbonyl (C=O) groups is 1. The Morgan fingerprint density at radius 2 is 1.82 bits per heavy atom. The van der Waals surface area contributed by atoms with E-state index in [-0.39, 0.29) is 5.91 Å². The molecule has 1 amide bonds. The second-order valence-corrected chi connectivity index (χ2v) is 7.11. The van der Waals surface area contributed by atoms with Gasteiger partial charge in [-0.05, 0) is 25.5 Å². The molecule has 1 aromatic carbocycles. The monoisotopic (exact) mass is 383 g/mol. The fourth-order valence-electron chi connectivity index (χ4n) is 3.29. The van der Waals surface area contributed by atoms with Crippen LogP contribution < -0.4 is 10.6 Å². The minimum Gasteiger partial charge on any atom is -0.379 e. The highest BCUT2D eigenvalue weighted by atomic mass is 16.5. The van der Waals surface area contributed by atoms with Crippen LogP contribution in [-0.2, 0) is 16.0 Å². The second-order valence-electron chi connectivity index (χ2n) is 7.11. The summed E-state index contributed by atoms with van der Waals surface area (Å²) in [5.41, 5.74) is 2.84. The molecular weight excluding hydrogens is 354 g/mol. The number of nitrogens with one attached hydrogen (secondary N) is 2. The number of aryl methyl sites for hydroxylation is 2. The summed E-state index contributed by atoms with van der Waals surface area (Å²) in [6.45, 7) is 8.64. The highest BCUT2D eigenvalue weighted by Gasteiger charge is 2.20. The Morgan fingerprint density at radius 1 is 1.14 bits per heavy atom. The molecule has 2 N–H and O–H groups in total. The molecule has 1 unspecified atom stereocenters. The summed E-state index contributed by atoms with van der Waals surface area (Å²) in [5.74, 6) is 0.446. The number of aromatic nitrogens is 2. The number of ether oxygens (including phenoxy) is 1. The molecule has 0 saturated carbocycles. The molecule has 0 radical (unpaired) electrons. The van der Waals surface area contributed by atoms with Gasteiger partial charge in [0.25, 0.3) is 0 Å². The largest absolute Gasteiger partial charge is 0.379 e. The number of carbonyl (C=O) groups excluding carboxylic acids is 1. The SMILES string of the molecule is Cc1cc(C)nc(NC(Cc2ccccc2)C(=O)NCCN2CCOCC2)n1. The van der Waals surface area contributed by atoms with E-state index in [1.54, 1.807) is 0 Å². The summed E-state index contributed by atoms with van der Waals surface area (Å²) < 4.78 is 5.36. The Morgan fingerprint density at radius 3 is 2.50 bits per heavy atom. The van der Waals surface area contributed by atoms with Crippen LogP contribution in [0.15, 0.2) is 36.4 Å². The lowest BCUT2D eigenvalue weighted by molar-refractivity contribution is -0.121. The summed E-state index contributed by atoms with van der Waals surface area (Å²) in [7, 11) is 0. The van der Waals surface area contributed by atoms with Crippen LogP contribution >= 0.6 is 0 Å². The summed E-state index contributed by atoms with van der Waals surface area (Å²) in [6, 6.07) is 11.5. The summed E-state index contributed by atoms with van der Waals surface area (Å²) in [5, 5.41) is 6.29. The van der Waals surface area contributed by atoms with Gasteiger partial charge in [0.15, 0.2) is 0 Å². The molecule has 2 heterocycles. The highest BCUT2D eigenvalue weighted by Crippen LogP contribution is 2.10. The zero-order valence-corrected chi connectivity index (χ0v) is 16.6. The Kier molecular flexibility index (Phi) is 7.33. The lowest BCUT2D eigenvalue weighted by Crippen LogP contribution is -2.46. The predicted molar refractivity (Wildman–Crippen MR) is 109 cm³/mol. The molecule has 1 aliphatic heterocycles. The molecule has 28 heavy (non-hydrogen) atoms. The van der Waals surface area contributed by atoms with Crippen LogP contribution in [0.3, 0.4) is 0 Å². The molecule has 0 spiro atoms. The van der Waals surface area contributed by atoms with Gasteiger partial charge in [-0.25, -0.2) is 9.97 Å². The van der Waals surface area contributed by atoms with Crippen molar-refractivity contribution in [2.45, 2.75) is 26.3 Å². The molecule has 2 aromatic rings. The highest BCUT2D eigenvalue weighted by molar-refractivity contribution is 5.84. The van der Waals surface area contributed by atoms with E-state index in [9.17, 15) is 4.79 Å². The van der Waals surface area contributed by atoms with Crippen LogP contribution in [0, 0.1) is 13.8 Å². The van der Waals surface area contributed by atoms with Crippen LogP contribution in [0.1, 0.15) is 17.0 Å². The number of hydrogen-bond acceptors (Lipinski definition) is 6. The minimum atomic E-state index is -0.437. The first-order valence-electron chi connectivity index (χ1n) is 9.81. The smallest absolute Gasteiger partial charge is 0.242 e. The molecule has 7 nitrogen and oxygen atoms in total. The van der Waals surface area contributed by atoms with E-state index in [1.165, 1.54) is 0 Å². The Bertz CT molecular complexity index is 742. The van der Waals surface area contributed by atoms with Crippen LogP contribution in [0.5, 0.6) is 0 Å². The molecule has 1 atom stereocenters. The van der Waals surface area contributed by atoms with Crippen LogP contribution in [0.25, 0.3) is 0 Å². The van der Waals surface area contributed by atoms with E-state index >= 15 is 0 Å². The topological polar surface area (TPSA) is 79.4 Å². The maximum absolute atomic E-state index is 12.9. The van der Waals surface area contributed by atoms with Crippen LogP contribution in [0.4, 0.5) is 5.95 Å². The first-order valence-corrected chi connectivity index (χ1v) is 9.81. The zero-order valence-electron chi connectivity index (χ0n) is 16.6. The van der Waals surface area contributed by atoms with E-state index in [0.29, 0.717) is 18.9 Å². The first kappa shape index (κ1) is 20.2. The van der Waals surface area contributed by atoms with Gasteiger partial charge < -0.3 is 15.4 Å². The van der Waals surface area contributed by atoms with E-state index in [1.807, 2.05) is 50.2 Å². The fourth-order valence-corrected chi connectivity index (χ4v) is 3.29. The molecule has 1 aliphatic rings. The van der Waals surface area contributed by atoms with Gasteiger partial charge in [-0.1, -0.05) is 30.3 Å². The lowest BCUT2D eigenvalue weighted by atomic mass is 10.1. The number of anilines is 1. The lowest BCUT2D eigenvalue weighted by Gasteiger charge is -2.27. The summed E-state index contributed by atoms with van der Waals surface area (Å²) in [4.78, 5) is 24.0. The van der Waals surface area contributed by atoms with Gasteiger partial charge in [-0.15, -0.1) is 0 Å². The average Bonchev–Trinajstić information content (AvgIpc) is 2.68. The van der Waals surface area contributed by atoms with Gasteiger partial charge in [0, 0.05) is 44.0 Å². The molecular formula is C21H29N5O2. The minimum absolute atomic E-state index is 0.0418. The molecule has 7 heteroatoms. The van der Waals surface area contributed by atoms with Gasteiger partial charge in [0.1, 0.15) is 6.04 Å². The zero-order chi connectivity index (χ0) is 19.8. The standard InChI is InChI=1S/C21H29N5O2/c1-16-14-17(2)24-21(23-16)25-19(15-18-6-4-3-5-7-18)20(27)22-8-9-26-10-12-28-13-11-26/h3-7,14,19H,8-13,15H2,1-2H3,(H,22,27)(H,23,24,25). The Hall–Kier alpha value is -2.51. The molecule has 0 bridgehead atoms. The van der Waals surface area contributed by atoms with Gasteiger partial charge >= 0.3 is 0 Å². The molecule has 1 saturated heterocycles. The van der Waals surface area contributed by atoms with Crippen molar-refractivity contribution in [3.63, 3.8) is 0 Å². The van der Waals surface area contributed by atoms with E-state index in [2.05, 4.69) is 25.5 Å². The Balaban J connectivity index is 1.63. The second kappa shape index (κ2) is 10.1. The van der Waals surface area contributed by atoms with Crippen molar-refractivity contribution in [2.24, 2.45) is 0 Å². The van der Waals surface area contributed by atoms with Crippen molar-refractivity contribution in [3.05, 3.63) is 53.3 Å². The van der Waals surface area contributed by atoms with Gasteiger partial charge in [0.2, 0.25) is 11.9 Å². The number of benzene rings is 1. The Labute approximate surface area is 166 Å². The van der Waals surface area contributed by atoms with Gasteiger partial charge in [0.05, 0.1) is 13.2 Å². The maximum Gasteiger partial charge on any atom is 0.242 e. The third kappa shape index (κ3) is 6.28. The van der Waals surface area contributed by atoms with Gasteiger partial charge in [-0.2, -0.15) is 0 Å². The molecule has 0 aliphatic carbocycles. The number of hydrogen-bond donors (Lipinski definition) is 2. The molecule has 150 valence electrons.